The molecular formula is C17H12Br2N2O2. The summed E-state index contributed by atoms with van der Waals surface area (Å²) in [6, 6.07) is 12.5. The van der Waals surface area contributed by atoms with Crippen LogP contribution < -0.4 is 5.32 Å². The molecule has 0 aromatic heterocycles. The van der Waals surface area contributed by atoms with E-state index in [2.05, 4.69) is 37.2 Å². The second-order valence-electron chi connectivity index (χ2n) is 4.83. The molecule has 2 aromatic rings. The highest BCUT2D eigenvalue weighted by Gasteiger charge is 2.11. The van der Waals surface area contributed by atoms with Gasteiger partial charge in [0.25, 0.3) is 5.91 Å². The van der Waals surface area contributed by atoms with Crippen LogP contribution in [0.3, 0.4) is 0 Å². The second kappa shape index (κ2) is 7.44. The van der Waals surface area contributed by atoms with Crippen molar-refractivity contribution >= 4 is 49.5 Å². The molecule has 0 spiro atoms. The number of halogens is 2. The van der Waals surface area contributed by atoms with E-state index in [1.165, 1.54) is 6.08 Å². The molecule has 4 nitrogen and oxygen atoms in total. The number of nitrogens with one attached hydrogen (secondary N) is 1. The van der Waals surface area contributed by atoms with Gasteiger partial charge in [-0.15, -0.1) is 0 Å². The summed E-state index contributed by atoms with van der Waals surface area (Å²) in [5.74, 6) is -0.428. The Labute approximate surface area is 150 Å². The minimum absolute atomic E-state index is 0.0315. The van der Waals surface area contributed by atoms with Crippen LogP contribution in [0.4, 0.5) is 5.69 Å². The molecule has 0 aliphatic carbocycles. The van der Waals surface area contributed by atoms with Gasteiger partial charge in [-0.2, -0.15) is 5.26 Å². The molecule has 2 aromatic carbocycles. The standard InChI is InChI=1S/C17H12Br2N2O2/c1-10-3-2-4-13(5-10)21-17(23)12(9-20)6-11-7-14(18)16(22)15(19)8-11/h2-8,22H,1H3,(H,21,23)/b12-6-. The topological polar surface area (TPSA) is 73.1 Å². The Kier molecular flexibility index (Phi) is 5.59. The summed E-state index contributed by atoms with van der Waals surface area (Å²) >= 11 is 6.43. The smallest absolute Gasteiger partial charge is 0.266 e. The lowest BCUT2D eigenvalue weighted by atomic mass is 10.1. The van der Waals surface area contributed by atoms with Crippen LogP contribution in [0.5, 0.6) is 5.75 Å². The molecule has 0 saturated heterocycles. The molecule has 116 valence electrons. The van der Waals surface area contributed by atoms with Crippen molar-refractivity contribution in [3.8, 4) is 11.8 Å². The van der Waals surface area contributed by atoms with Crippen LogP contribution in [0.2, 0.25) is 0 Å². The van der Waals surface area contributed by atoms with Gasteiger partial charge < -0.3 is 10.4 Å². The van der Waals surface area contributed by atoms with Crippen molar-refractivity contribution < 1.29 is 9.90 Å². The third kappa shape index (κ3) is 4.44. The summed E-state index contributed by atoms with van der Waals surface area (Å²) < 4.78 is 0.934. The van der Waals surface area contributed by atoms with E-state index < -0.39 is 5.91 Å². The van der Waals surface area contributed by atoms with E-state index in [1.54, 1.807) is 18.2 Å². The summed E-state index contributed by atoms with van der Waals surface area (Å²) in [7, 11) is 0. The Morgan fingerprint density at radius 1 is 1.26 bits per heavy atom. The summed E-state index contributed by atoms with van der Waals surface area (Å²) in [6.07, 6.45) is 1.46. The van der Waals surface area contributed by atoms with Gasteiger partial charge in [0.05, 0.1) is 8.95 Å². The molecule has 0 atom stereocenters. The van der Waals surface area contributed by atoms with Gasteiger partial charge in [0, 0.05) is 5.69 Å². The second-order valence-corrected chi connectivity index (χ2v) is 6.54. The molecule has 0 radical (unpaired) electrons. The number of phenolic OH excluding ortho intramolecular Hbond substituents is 1. The molecule has 0 heterocycles. The van der Waals surface area contributed by atoms with E-state index in [1.807, 2.05) is 31.2 Å². The Balaban J connectivity index is 2.28. The zero-order valence-electron chi connectivity index (χ0n) is 12.1. The summed E-state index contributed by atoms with van der Waals surface area (Å²) in [5.41, 5.74) is 2.22. The molecule has 2 rings (SSSR count). The largest absolute Gasteiger partial charge is 0.506 e. The highest BCUT2D eigenvalue weighted by molar-refractivity contribution is 9.11. The molecule has 23 heavy (non-hydrogen) atoms. The van der Waals surface area contributed by atoms with Gasteiger partial charge in [0.1, 0.15) is 17.4 Å². The van der Waals surface area contributed by atoms with Crippen molar-refractivity contribution in [2.75, 3.05) is 5.32 Å². The van der Waals surface area contributed by atoms with Crippen molar-refractivity contribution in [2.24, 2.45) is 0 Å². The van der Waals surface area contributed by atoms with Crippen LogP contribution in [0, 0.1) is 18.3 Å². The highest BCUT2D eigenvalue weighted by Crippen LogP contribution is 2.34. The fourth-order valence-electron chi connectivity index (χ4n) is 1.90. The first-order valence-corrected chi connectivity index (χ1v) is 8.17. The maximum Gasteiger partial charge on any atom is 0.266 e. The average Bonchev–Trinajstić information content (AvgIpc) is 2.50. The summed E-state index contributed by atoms with van der Waals surface area (Å²) in [4.78, 5) is 12.2. The monoisotopic (exact) mass is 434 g/mol. The predicted octanol–water partition coefficient (Wildman–Crippen LogP) is 4.77. The number of phenols is 1. The van der Waals surface area contributed by atoms with Crippen molar-refractivity contribution in [1.82, 2.24) is 0 Å². The first-order chi connectivity index (χ1) is 10.9. The van der Waals surface area contributed by atoms with Gasteiger partial charge in [0.15, 0.2) is 0 Å². The molecule has 0 saturated carbocycles. The zero-order valence-corrected chi connectivity index (χ0v) is 15.3. The van der Waals surface area contributed by atoms with Crippen LogP contribution in [-0.4, -0.2) is 11.0 Å². The van der Waals surface area contributed by atoms with Crippen LogP contribution in [0.1, 0.15) is 11.1 Å². The molecule has 0 unspecified atom stereocenters. The minimum atomic E-state index is -0.488. The number of hydrogen-bond donors (Lipinski definition) is 2. The van der Waals surface area contributed by atoms with Crippen LogP contribution >= 0.6 is 31.9 Å². The Morgan fingerprint density at radius 3 is 2.48 bits per heavy atom. The lowest BCUT2D eigenvalue weighted by molar-refractivity contribution is -0.112. The quantitative estimate of drug-likeness (QED) is 0.538. The molecule has 0 aliphatic rings. The van der Waals surface area contributed by atoms with Gasteiger partial charge in [-0.1, -0.05) is 12.1 Å². The van der Waals surface area contributed by atoms with E-state index in [-0.39, 0.29) is 11.3 Å². The number of rotatable bonds is 3. The van der Waals surface area contributed by atoms with Crippen molar-refractivity contribution in [1.29, 1.82) is 5.26 Å². The summed E-state index contributed by atoms with van der Waals surface area (Å²) in [5, 5.41) is 21.6. The molecule has 6 heteroatoms. The van der Waals surface area contributed by atoms with Gasteiger partial charge >= 0.3 is 0 Å². The predicted molar refractivity (Wildman–Crippen MR) is 96.9 cm³/mol. The molecular weight excluding hydrogens is 424 g/mol. The number of aromatic hydroxyl groups is 1. The number of carbonyl (C=O) groups excluding carboxylic acids is 1. The van der Waals surface area contributed by atoms with Crippen LogP contribution in [-0.2, 0) is 4.79 Å². The SMILES string of the molecule is Cc1cccc(NC(=O)/C(C#N)=C\c2cc(Br)c(O)c(Br)c2)c1. The fraction of sp³-hybridized carbons (Fsp3) is 0.0588. The van der Waals surface area contributed by atoms with Gasteiger partial charge in [-0.05, 0) is 80.3 Å². The minimum Gasteiger partial charge on any atom is -0.506 e. The van der Waals surface area contributed by atoms with Gasteiger partial charge in [0.2, 0.25) is 0 Å². The Morgan fingerprint density at radius 2 is 1.91 bits per heavy atom. The van der Waals surface area contributed by atoms with E-state index in [0.717, 1.165) is 5.56 Å². The normalized spacial score (nSPS) is 11.0. The zero-order chi connectivity index (χ0) is 17.0. The van der Waals surface area contributed by atoms with E-state index in [9.17, 15) is 15.2 Å². The number of anilines is 1. The number of benzene rings is 2. The van der Waals surface area contributed by atoms with Gasteiger partial charge in [-0.3, -0.25) is 4.79 Å². The number of amides is 1. The van der Waals surface area contributed by atoms with E-state index in [4.69, 9.17) is 0 Å². The number of hydrogen-bond acceptors (Lipinski definition) is 3. The maximum absolute atomic E-state index is 12.2. The fourth-order valence-corrected chi connectivity index (χ4v) is 3.13. The molecule has 0 bridgehead atoms. The molecule has 0 fully saturated rings. The van der Waals surface area contributed by atoms with Crippen molar-refractivity contribution in [3.05, 3.63) is 62.0 Å². The first-order valence-electron chi connectivity index (χ1n) is 6.58. The first kappa shape index (κ1) is 17.3. The number of nitriles is 1. The molecule has 2 N–H and O–H groups in total. The Bertz CT molecular complexity index is 816. The lowest BCUT2D eigenvalue weighted by Gasteiger charge is -2.06. The third-order valence-electron chi connectivity index (χ3n) is 2.99. The molecule has 0 aliphatic heterocycles. The summed E-state index contributed by atoms with van der Waals surface area (Å²) in [6.45, 7) is 1.92. The third-order valence-corrected chi connectivity index (χ3v) is 4.20. The van der Waals surface area contributed by atoms with Crippen molar-refractivity contribution in [3.63, 3.8) is 0 Å². The Hall–Kier alpha value is -2.10. The van der Waals surface area contributed by atoms with E-state index >= 15 is 0 Å². The van der Waals surface area contributed by atoms with E-state index in [0.29, 0.717) is 20.2 Å². The lowest BCUT2D eigenvalue weighted by Crippen LogP contribution is -2.13. The molecule has 1 amide bonds. The number of aryl methyl sites for hydroxylation is 1. The van der Waals surface area contributed by atoms with Crippen molar-refractivity contribution in [2.45, 2.75) is 6.92 Å². The van der Waals surface area contributed by atoms with Crippen LogP contribution in [0.15, 0.2) is 50.9 Å². The maximum atomic E-state index is 12.2. The van der Waals surface area contributed by atoms with Crippen LogP contribution in [0.25, 0.3) is 6.08 Å². The average molecular weight is 436 g/mol. The highest BCUT2D eigenvalue weighted by atomic mass is 79.9. The number of carbonyl (C=O) groups is 1. The van der Waals surface area contributed by atoms with Gasteiger partial charge in [-0.25, -0.2) is 0 Å². The number of nitrogens with zero attached hydrogens (tertiary/aromatic N) is 1.